The summed E-state index contributed by atoms with van der Waals surface area (Å²) in [6.45, 7) is 0. The molecule has 0 saturated heterocycles. The minimum atomic E-state index is -0.466. The Balaban J connectivity index is 2.47. The lowest BCUT2D eigenvalue weighted by Gasteiger charge is -2.11. The molecule has 0 saturated carbocycles. The van der Waals surface area contributed by atoms with Crippen molar-refractivity contribution in [2.75, 3.05) is 5.32 Å². The molecule has 0 atom stereocenters. The van der Waals surface area contributed by atoms with Gasteiger partial charge in [-0.2, -0.15) is 0 Å². The Labute approximate surface area is 134 Å². The fourth-order valence-corrected chi connectivity index (χ4v) is 3.09. The Morgan fingerprint density at radius 3 is 2.52 bits per heavy atom. The van der Waals surface area contributed by atoms with Crippen LogP contribution >= 0.6 is 35.0 Å². The second kappa shape index (κ2) is 6.80. The van der Waals surface area contributed by atoms with Crippen LogP contribution in [-0.2, 0) is 4.79 Å². The van der Waals surface area contributed by atoms with Crippen LogP contribution in [0, 0.1) is 10.1 Å². The fourth-order valence-electron chi connectivity index (χ4n) is 1.62. The van der Waals surface area contributed by atoms with Crippen LogP contribution in [0.4, 0.5) is 11.4 Å². The highest BCUT2D eigenvalue weighted by molar-refractivity contribution is 7.99. The summed E-state index contributed by atoms with van der Waals surface area (Å²) in [5.74, 6) is 0. The maximum atomic E-state index is 11.0. The molecule has 0 fully saturated rings. The average molecular weight is 343 g/mol. The molecule has 5 nitrogen and oxygen atoms in total. The van der Waals surface area contributed by atoms with Crippen LogP contribution < -0.4 is 5.32 Å². The SMILES string of the molecule is O=CNc1c(Sc2ccccc2[N+](=O)[O-])ccc(Cl)c1Cl. The van der Waals surface area contributed by atoms with Gasteiger partial charge in [0, 0.05) is 11.0 Å². The third-order valence-electron chi connectivity index (χ3n) is 2.54. The van der Waals surface area contributed by atoms with E-state index in [1.807, 2.05) is 0 Å². The van der Waals surface area contributed by atoms with E-state index in [4.69, 9.17) is 23.2 Å². The van der Waals surface area contributed by atoms with Gasteiger partial charge in [-0.25, -0.2) is 0 Å². The summed E-state index contributed by atoms with van der Waals surface area (Å²) >= 11 is 13.1. The minimum absolute atomic E-state index is 0.0226. The number of hydrogen-bond acceptors (Lipinski definition) is 4. The molecule has 1 amide bonds. The average Bonchev–Trinajstić information content (AvgIpc) is 2.47. The van der Waals surface area contributed by atoms with Gasteiger partial charge in [-0.05, 0) is 18.2 Å². The first-order valence-electron chi connectivity index (χ1n) is 5.64. The predicted octanol–water partition coefficient (Wildman–Crippen LogP) is 4.62. The highest BCUT2D eigenvalue weighted by Gasteiger charge is 2.17. The van der Waals surface area contributed by atoms with Crippen molar-refractivity contribution in [2.45, 2.75) is 9.79 Å². The lowest BCUT2D eigenvalue weighted by atomic mass is 10.3. The first-order chi connectivity index (χ1) is 10.0. The molecule has 0 radical (unpaired) electrons. The van der Waals surface area contributed by atoms with E-state index >= 15 is 0 Å². The summed E-state index contributed by atoms with van der Waals surface area (Å²) < 4.78 is 0. The maximum Gasteiger partial charge on any atom is 0.283 e. The maximum absolute atomic E-state index is 11.0. The zero-order valence-corrected chi connectivity index (χ0v) is 12.7. The molecule has 0 bridgehead atoms. The molecule has 1 N–H and O–H groups in total. The Morgan fingerprint density at radius 1 is 1.14 bits per heavy atom. The summed E-state index contributed by atoms with van der Waals surface area (Å²) in [6.07, 6.45) is 0.473. The topological polar surface area (TPSA) is 72.2 Å². The van der Waals surface area contributed by atoms with Crippen LogP contribution in [0.3, 0.4) is 0 Å². The highest BCUT2D eigenvalue weighted by Crippen LogP contribution is 2.43. The number of nitrogens with zero attached hydrogens (tertiary/aromatic N) is 1. The molecule has 0 heterocycles. The summed E-state index contributed by atoms with van der Waals surface area (Å²) in [6, 6.07) is 9.52. The Bertz CT molecular complexity index is 710. The van der Waals surface area contributed by atoms with Crippen molar-refractivity contribution in [1.29, 1.82) is 0 Å². The molecule has 2 aromatic rings. The van der Waals surface area contributed by atoms with E-state index in [0.29, 0.717) is 21.9 Å². The van der Waals surface area contributed by atoms with Gasteiger partial charge in [0.2, 0.25) is 6.41 Å². The van der Waals surface area contributed by atoms with Gasteiger partial charge in [0.05, 0.1) is 25.6 Å². The van der Waals surface area contributed by atoms with E-state index in [2.05, 4.69) is 5.32 Å². The number of carbonyl (C=O) groups is 1. The zero-order valence-electron chi connectivity index (χ0n) is 10.4. The third-order valence-corrected chi connectivity index (χ3v) is 4.47. The normalized spacial score (nSPS) is 10.2. The van der Waals surface area contributed by atoms with E-state index < -0.39 is 4.92 Å². The van der Waals surface area contributed by atoms with Crippen LogP contribution in [0.2, 0.25) is 10.0 Å². The van der Waals surface area contributed by atoms with Gasteiger partial charge in [-0.15, -0.1) is 0 Å². The number of nitro benzene ring substituents is 1. The summed E-state index contributed by atoms with van der Waals surface area (Å²) in [5, 5.41) is 14.0. The molecule has 0 aliphatic carbocycles. The Hall–Kier alpha value is -1.76. The quantitative estimate of drug-likeness (QED) is 0.488. The van der Waals surface area contributed by atoms with Crippen LogP contribution in [-0.4, -0.2) is 11.3 Å². The van der Waals surface area contributed by atoms with Crippen LogP contribution in [0.15, 0.2) is 46.2 Å². The molecule has 0 aliphatic heterocycles. The number of nitro groups is 1. The van der Waals surface area contributed by atoms with Crippen molar-refractivity contribution in [3.8, 4) is 0 Å². The largest absolute Gasteiger partial charge is 0.326 e. The second-order valence-corrected chi connectivity index (χ2v) is 5.69. The highest BCUT2D eigenvalue weighted by atomic mass is 35.5. The molecule has 0 unspecified atom stereocenters. The van der Waals surface area contributed by atoms with Crippen molar-refractivity contribution in [1.82, 2.24) is 0 Å². The van der Waals surface area contributed by atoms with Gasteiger partial charge in [0.1, 0.15) is 0 Å². The van der Waals surface area contributed by atoms with Crippen molar-refractivity contribution >= 4 is 52.7 Å². The standard InChI is InChI=1S/C13H8Cl2N2O3S/c14-8-5-6-11(13(12(8)15)16-7-18)21-10-4-2-1-3-9(10)17(19)20/h1-7H,(H,16,18). The molecular weight excluding hydrogens is 335 g/mol. The molecule has 8 heteroatoms. The Morgan fingerprint density at radius 2 is 1.86 bits per heavy atom. The van der Waals surface area contributed by atoms with Crippen LogP contribution in [0.1, 0.15) is 0 Å². The lowest BCUT2D eigenvalue weighted by Crippen LogP contribution is -1.97. The number of carbonyl (C=O) groups excluding carboxylic acids is 1. The van der Waals surface area contributed by atoms with Crippen molar-refractivity contribution in [2.24, 2.45) is 0 Å². The first kappa shape index (κ1) is 15.6. The Kier molecular flexibility index (Phi) is 5.06. The number of hydrogen-bond donors (Lipinski definition) is 1. The van der Waals surface area contributed by atoms with Gasteiger partial charge in [-0.3, -0.25) is 14.9 Å². The number of halogens is 2. The third kappa shape index (κ3) is 3.47. The van der Waals surface area contributed by atoms with Crippen molar-refractivity contribution < 1.29 is 9.72 Å². The van der Waals surface area contributed by atoms with E-state index in [1.54, 1.807) is 30.3 Å². The zero-order chi connectivity index (χ0) is 15.4. The molecule has 0 spiro atoms. The molecule has 108 valence electrons. The molecule has 21 heavy (non-hydrogen) atoms. The van der Waals surface area contributed by atoms with Crippen molar-refractivity contribution in [3.63, 3.8) is 0 Å². The van der Waals surface area contributed by atoms with Crippen LogP contribution in [0.5, 0.6) is 0 Å². The molecule has 2 aromatic carbocycles. The lowest BCUT2D eigenvalue weighted by molar-refractivity contribution is -0.387. The number of para-hydroxylation sites is 1. The van der Waals surface area contributed by atoms with E-state index in [0.717, 1.165) is 11.8 Å². The number of benzene rings is 2. The van der Waals surface area contributed by atoms with Gasteiger partial charge in [0.15, 0.2) is 0 Å². The van der Waals surface area contributed by atoms with E-state index in [9.17, 15) is 14.9 Å². The van der Waals surface area contributed by atoms with E-state index in [-0.39, 0.29) is 15.7 Å². The smallest absolute Gasteiger partial charge is 0.283 e. The first-order valence-corrected chi connectivity index (χ1v) is 7.21. The van der Waals surface area contributed by atoms with Gasteiger partial charge >= 0.3 is 0 Å². The molecular formula is C13H8Cl2N2O3S. The number of amides is 1. The summed E-state index contributed by atoms with van der Waals surface area (Å²) in [7, 11) is 0. The number of anilines is 1. The number of rotatable bonds is 5. The molecule has 2 rings (SSSR count). The summed E-state index contributed by atoms with van der Waals surface area (Å²) in [5.41, 5.74) is 0.299. The van der Waals surface area contributed by atoms with Crippen molar-refractivity contribution in [3.05, 3.63) is 56.6 Å². The molecule has 0 aromatic heterocycles. The number of nitrogens with one attached hydrogen (secondary N) is 1. The summed E-state index contributed by atoms with van der Waals surface area (Å²) in [4.78, 5) is 22.2. The second-order valence-electron chi connectivity index (χ2n) is 3.82. The van der Waals surface area contributed by atoms with E-state index in [1.165, 1.54) is 6.07 Å². The van der Waals surface area contributed by atoms with Gasteiger partial charge in [-0.1, -0.05) is 47.1 Å². The minimum Gasteiger partial charge on any atom is -0.326 e. The van der Waals surface area contributed by atoms with Gasteiger partial charge < -0.3 is 5.32 Å². The van der Waals surface area contributed by atoms with Gasteiger partial charge in [0.25, 0.3) is 5.69 Å². The monoisotopic (exact) mass is 342 g/mol. The predicted molar refractivity (Wildman–Crippen MR) is 83.4 cm³/mol. The fraction of sp³-hybridized carbons (Fsp3) is 0. The molecule has 0 aliphatic rings. The van der Waals surface area contributed by atoms with Crippen LogP contribution in [0.25, 0.3) is 0 Å².